The first-order valence-corrected chi connectivity index (χ1v) is 7.08. The van der Waals surface area contributed by atoms with Crippen LogP contribution in [0.2, 0.25) is 5.15 Å². The molecule has 1 atom stereocenters. The van der Waals surface area contributed by atoms with Gasteiger partial charge in [0.2, 0.25) is 0 Å². The molecule has 5 heteroatoms. The van der Waals surface area contributed by atoms with Crippen LogP contribution in [-0.4, -0.2) is 42.1 Å². The standard InChI is InChI=1S/C14H19ClN4/c1-3-11(2)18-4-6-19(7-5-18)14-9-12(10-16)8-13(15)17-14/h8-9,11H,3-7H2,1-2H3. The fourth-order valence-electron chi connectivity index (χ4n) is 2.36. The fraction of sp³-hybridized carbons (Fsp3) is 0.571. The number of anilines is 1. The van der Waals surface area contributed by atoms with Crippen molar-refractivity contribution in [2.75, 3.05) is 31.1 Å². The van der Waals surface area contributed by atoms with Crippen molar-refractivity contribution in [3.05, 3.63) is 22.8 Å². The van der Waals surface area contributed by atoms with Crippen LogP contribution in [-0.2, 0) is 0 Å². The van der Waals surface area contributed by atoms with Gasteiger partial charge < -0.3 is 4.90 Å². The van der Waals surface area contributed by atoms with Gasteiger partial charge in [0, 0.05) is 32.2 Å². The maximum absolute atomic E-state index is 8.97. The van der Waals surface area contributed by atoms with Gasteiger partial charge in [-0.2, -0.15) is 5.26 Å². The van der Waals surface area contributed by atoms with Crippen LogP contribution in [0.1, 0.15) is 25.8 Å². The van der Waals surface area contributed by atoms with E-state index in [1.54, 1.807) is 6.07 Å². The third-order valence-corrected chi connectivity index (χ3v) is 3.96. The molecule has 2 rings (SSSR count). The highest BCUT2D eigenvalue weighted by Crippen LogP contribution is 2.20. The summed E-state index contributed by atoms with van der Waals surface area (Å²) in [5, 5.41) is 9.36. The maximum Gasteiger partial charge on any atom is 0.132 e. The quantitative estimate of drug-likeness (QED) is 0.797. The maximum atomic E-state index is 8.97. The Kier molecular flexibility index (Phi) is 4.62. The monoisotopic (exact) mass is 278 g/mol. The summed E-state index contributed by atoms with van der Waals surface area (Å²) in [5.41, 5.74) is 0.569. The molecule has 0 amide bonds. The van der Waals surface area contributed by atoms with E-state index >= 15 is 0 Å². The Balaban J connectivity index is 2.06. The third-order valence-electron chi connectivity index (χ3n) is 3.76. The van der Waals surface area contributed by atoms with Crippen molar-refractivity contribution in [1.82, 2.24) is 9.88 Å². The Morgan fingerprint density at radius 3 is 2.63 bits per heavy atom. The van der Waals surface area contributed by atoms with E-state index in [4.69, 9.17) is 16.9 Å². The molecule has 1 aliphatic heterocycles. The number of hydrogen-bond acceptors (Lipinski definition) is 4. The second-order valence-corrected chi connectivity index (χ2v) is 5.32. The van der Waals surface area contributed by atoms with E-state index in [2.05, 4.69) is 34.7 Å². The van der Waals surface area contributed by atoms with Crippen LogP contribution < -0.4 is 4.90 Å². The van der Waals surface area contributed by atoms with Crippen LogP contribution in [0.3, 0.4) is 0 Å². The van der Waals surface area contributed by atoms with Crippen molar-refractivity contribution >= 4 is 17.4 Å². The molecule has 0 aromatic carbocycles. The van der Waals surface area contributed by atoms with Gasteiger partial charge >= 0.3 is 0 Å². The zero-order valence-corrected chi connectivity index (χ0v) is 12.2. The van der Waals surface area contributed by atoms with E-state index in [0.29, 0.717) is 16.8 Å². The van der Waals surface area contributed by atoms with Gasteiger partial charge in [-0.3, -0.25) is 4.90 Å². The molecule has 102 valence electrons. The van der Waals surface area contributed by atoms with Crippen molar-refractivity contribution in [2.24, 2.45) is 0 Å². The number of pyridine rings is 1. The highest BCUT2D eigenvalue weighted by molar-refractivity contribution is 6.29. The predicted octanol–water partition coefficient (Wildman–Crippen LogP) is 2.53. The van der Waals surface area contributed by atoms with Crippen LogP contribution in [0.4, 0.5) is 5.82 Å². The summed E-state index contributed by atoms with van der Waals surface area (Å²) in [5.74, 6) is 0.813. The first kappa shape index (κ1) is 14.1. The molecule has 0 bridgehead atoms. The minimum absolute atomic E-state index is 0.387. The molecule has 1 unspecified atom stereocenters. The molecule has 1 aliphatic rings. The third kappa shape index (κ3) is 3.37. The summed E-state index contributed by atoms with van der Waals surface area (Å²) < 4.78 is 0. The van der Waals surface area contributed by atoms with Crippen LogP contribution in [0.25, 0.3) is 0 Å². The lowest BCUT2D eigenvalue weighted by atomic mass is 10.2. The summed E-state index contributed by atoms with van der Waals surface area (Å²) in [6.45, 7) is 8.41. The summed E-state index contributed by atoms with van der Waals surface area (Å²) in [6, 6.07) is 6.16. The minimum atomic E-state index is 0.387. The van der Waals surface area contributed by atoms with Crippen molar-refractivity contribution in [2.45, 2.75) is 26.3 Å². The molecule has 0 saturated carbocycles. The molecular weight excluding hydrogens is 260 g/mol. The van der Waals surface area contributed by atoms with Gasteiger partial charge in [-0.05, 0) is 25.5 Å². The van der Waals surface area contributed by atoms with E-state index in [1.807, 2.05) is 6.07 Å². The Labute approximate surface area is 119 Å². The van der Waals surface area contributed by atoms with E-state index in [9.17, 15) is 0 Å². The summed E-state index contributed by atoms with van der Waals surface area (Å²) in [7, 11) is 0. The molecule has 19 heavy (non-hydrogen) atoms. The van der Waals surface area contributed by atoms with Crippen LogP contribution in [0.15, 0.2) is 12.1 Å². The second kappa shape index (κ2) is 6.23. The van der Waals surface area contributed by atoms with Gasteiger partial charge in [0.25, 0.3) is 0 Å². The predicted molar refractivity (Wildman–Crippen MR) is 77.5 cm³/mol. The molecule has 0 N–H and O–H groups in total. The van der Waals surface area contributed by atoms with Gasteiger partial charge in [0.1, 0.15) is 11.0 Å². The number of nitriles is 1. The number of hydrogen-bond donors (Lipinski definition) is 0. The van der Waals surface area contributed by atoms with E-state index in [1.165, 1.54) is 6.42 Å². The topological polar surface area (TPSA) is 43.2 Å². The summed E-state index contributed by atoms with van der Waals surface area (Å²) in [6.07, 6.45) is 1.17. The van der Waals surface area contributed by atoms with Gasteiger partial charge in [-0.1, -0.05) is 18.5 Å². The number of nitrogens with zero attached hydrogens (tertiary/aromatic N) is 4. The van der Waals surface area contributed by atoms with Crippen molar-refractivity contribution < 1.29 is 0 Å². The van der Waals surface area contributed by atoms with Crippen molar-refractivity contribution in [1.29, 1.82) is 5.26 Å². The number of piperazine rings is 1. The second-order valence-electron chi connectivity index (χ2n) is 4.93. The highest BCUT2D eigenvalue weighted by Gasteiger charge is 2.21. The van der Waals surface area contributed by atoms with Crippen molar-refractivity contribution in [3.8, 4) is 6.07 Å². The zero-order valence-electron chi connectivity index (χ0n) is 11.4. The summed E-state index contributed by atoms with van der Waals surface area (Å²) >= 11 is 5.95. The molecule has 1 fully saturated rings. The minimum Gasteiger partial charge on any atom is -0.354 e. The normalized spacial score (nSPS) is 18.1. The van der Waals surface area contributed by atoms with Gasteiger partial charge in [0.05, 0.1) is 11.6 Å². The Morgan fingerprint density at radius 1 is 1.37 bits per heavy atom. The molecule has 0 spiro atoms. The lowest BCUT2D eigenvalue weighted by Gasteiger charge is -2.38. The zero-order chi connectivity index (χ0) is 13.8. The lowest BCUT2D eigenvalue weighted by Crippen LogP contribution is -2.49. The number of rotatable bonds is 3. The smallest absolute Gasteiger partial charge is 0.132 e. The SMILES string of the molecule is CCC(C)N1CCN(c2cc(C#N)cc(Cl)n2)CC1. The largest absolute Gasteiger partial charge is 0.354 e. The summed E-state index contributed by atoms with van der Waals surface area (Å²) in [4.78, 5) is 9.01. The van der Waals surface area contributed by atoms with E-state index in [0.717, 1.165) is 32.0 Å². The Bertz CT molecular complexity index is 475. The Hall–Kier alpha value is -1.31. The first-order chi connectivity index (χ1) is 9.13. The van der Waals surface area contributed by atoms with Crippen LogP contribution in [0, 0.1) is 11.3 Å². The molecular formula is C14H19ClN4. The van der Waals surface area contributed by atoms with Crippen LogP contribution >= 0.6 is 11.6 Å². The highest BCUT2D eigenvalue weighted by atomic mass is 35.5. The molecule has 1 aromatic rings. The molecule has 1 saturated heterocycles. The lowest BCUT2D eigenvalue weighted by molar-refractivity contribution is 0.192. The molecule has 1 aromatic heterocycles. The average Bonchev–Trinajstić information content (AvgIpc) is 2.46. The Morgan fingerprint density at radius 2 is 2.05 bits per heavy atom. The number of halogens is 1. The molecule has 0 radical (unpaired) electrons. The van der Waals surface area contributed by atoms with E-state index in [-0.39, 0.29) is 0 Å². The van der Waals surface area contributed by atoms with Crippen molar-refractivity contribution in [3.63, 3.8) is 0 Å². The van der Waals surface area contributed by atoms with Gasteiger partial charge in [0.15, 0.2) is 0 Å². The molecule has 2 heterocycles. The first-order valence-electron chi connectivity index (χ1n) is 6.70. The van der Waals surface area contributed by atoms with Crippen LogP contribution in [0.5, 0.6) is 0 Å². The average molecular weight is 279 g/mol. The molecule has 0 aliphatic carbocycles. The van der Waals surface area contributed by atoms with Gasteiger partial charge in [-0.25, -0.2) is 4.98 Å². The fourth-order valence-corrected chi connectivity index (χ4v) is 2.56. The molecule has 4 nitrogen and oxygen atoms in total. The number of aromatic nitrogens is 1. The van der Waals surface area contributed by atoms with Gasteiger partial charge in [-0.15, -0.1) is 0 Å². The van der Waals surface area contributed by atoms with E-state index < -0.39 is 0 Å².